The Balaban J connectivity index is 0.000000178. The number of nitrogens with one attached hydrogen (secondary N) is 2. The average Bonchev–Trinajstić information content (AvgIpc) is 3.99. The maximum absolute atomic E-state index is 11.6. The molecule has 0 aromatic carbocycles. The summed E-state index contributed by atoms with van der Waals surface area (Å²) in [6.07, 6.45) is 14.8. The maximum Gasteiger partial charge on any atom is 0.217 e. The molecule has 0 unspecified atom stereocenters. The summed E-state index contributed by atoms with van der Waals surface area (Å²) in [4.78, 5) is 26.7. The van der Waals surface area contributed by atoms with Crippen molar-refractivity contribution in [3.8, 4) is 0 Å². The van der Waals surface area contributed by atoms with Gasteiger partial charge < -0.3 is 61.0 Å². The molecule has 0 radical (unpaired) electrons. The van der Waals surface area contributed by atoms with Crippen LogP contribution in [0.4, 0.5) is 0 Å². The number of carbonyl (C=O) groups excluding carboxylic acids is 2. The minimum Gasteiger partial charge on any atom is -0.395 e. The fourth-order valence-corrected chi connectivity index (χ4v) is 16.1. The summed E-state index contributed by atoms with van der Waals surface area (Å²) in [6, 6.07) is -4.64. The topological polar surface area (TPSA) is 306 Å². The summed E-state index contributed by atoms with van der Waals surface area (Å²) >= 11 is 0. The molecule has 2 aromatic rings. The SMILES string of the molecule is CC(=O)N[C@@H]1[C@@H](O)[C@H](O)[C@@H](CO)N(CCn2cc(COCC34CC5CC(CC(C5)C3)C4)nn2)[C@@H]1CO.CC(=O)N[C@@H]1[C@@H](O)[C@H](O)[C@@H](CO)N(CCn2cc(COCC34CC5CC(CC(C5)C3)C4)nn2)[C@H]1CO. The number of piperidine rings is 2. The van der Waals surface area contributed by atoms with Crippen LogP contribution in [0.5, 0.6) is 0 Å². The molecule has 22 nitrogen and oxygen atoms in total. The van der Waals surface area contributed by atoms with Gasteiger partial charge in [0.05, 0.1) is 127 Å². The fraction of sp³-hybridized carbons (Fsp3) is 0.880. The van der Waals surface area contributed by atoms with E-state index in [0.29, 0.717) is 50.2 Å². The number of nitrogens with zero attached hydrogens (tertiary/aromatic N) is 8. The van der Waals surface area contributed by atoms with Gasteiger partial charge in [0.2, 0.25) is 11.8 Å². The van der Waals surface area contributed by atoms with Crippen LogP contribution in [-0.2, 0) is 45.4 Å². The predicted molar refractivity (Wildman–Crippen MR) is 257 cm³/mol. The molecule has 2 amide bonds. The molecule has 4 heterocycles. The lowest BCUT2D eigenvalue weighted by molar-refractivity contribution is -0.145. The highest BCUT2D eigenvalue weighted by Gasteiger charge is 2.53. The average molecular weight is 1020 g/mol. The van der Waals surface area contributed by atoms with E-state index in [1.165, 1.54) is 90.9 Å². The number of aliphatic hydroxyl groups excluding tert-OH is 8. The van der Waals surface area contributed by atoms with Crippen LogP contribution in [0.2, 0.25) is 0 Å². The molecule has 8 saturated carbocycles. The van der Waals surface area contributed by atoms with Crippen LogP contribution in [0.25, 0.3) is 0 Å². The third-order valence-corrected chi connectivity index (χ3v) is 18.2. The molecule has 12 rings (SSSR count). The predicted octanol–water partition coefficient (Wildman–Crippen LogP) is -1.45. The van der Waals surface area contributed by atoms with Gasteiger partial charge in [-0.15, -0.1) is 10.2 Å². The van der Waals surface area contributed by atoms with Crippen molar-refractivity contribution in [2.24, 2.45) is 46.3 Å². The van der Waals surface area contributed by atoms with Crippen molar-refractivity contribution in [1.82, 2.24) is 50.4 Å². The lowest BCUT2D eigenvalue weighted by Crippen LogP contribution is -2.72. The Labute approximate surface area is 421 Å². The zero-order valence-electron chi connectivity index (χ0n) is 42.2. The van der Waals surface area contributed by atoms with Gasteiger partial charge in [0.15, 0.2) is 0 Å². The highest BCUT2D eigenvalue weighted by Crippen LogP contribution is 2.61. The molecule has 8 aliphatic carbocycles. The molecule has 2 aliphatic heterocycles. The first-order chi connectivity index (χ1) is 34.6. The number of hydrogen-bond acceptors (Lipinski definition) is 18. The van der Waals surface area contributed by atoms with Gasteiger partial charge in [-0.3, -0.25) is 28.8 Å². The van der Waals surface area contributed by atoms with E-state index in [9.17, 15) is 50.4 Å². The number of rotatable bonds is 20. The van der Waals surface area contributed by atoms with Crippen LogP contribution in [0.1, 0.15) is 102 Å². The van der Waals surface area contributed by atoms with Crippen LogP contribution in [0, 0.1) is 46.3 Å². The van der Waals surface area contributed by atoms with Crippen molar-refractivity contribution >= 4 is 11.8 Å². The molecule has 10 atom stereocenters. The van der Waals surface area contributed by atoms with E-state index < -0.39 is 73.9 Å². The molecule has 404 valence electrons. The molecular formula is C50H82N10O12. The van der Waals surface area contributed by atoms with Gasteiger partial charge in [-0.25, -0.2) is 0 Å². The maximum atomic E-state index is 11.6. The lowest BCUT2D eigenvalue weighted by Gasteiger charge is -2.56. The van der Waals surface area contributed by atoms with Crippen molar-refractivity contribution in [3.05, 3.63) is 23.8 Å². The first-order valence-electron chi connectivity index (χ1n) is 26.8. The largest absolute Gasteiger partial charge is 0.395 e. The number of likely N-dealkylation sites (tertiary alicyclic amines) is 2. The number of amides is 2. The quantitative estimate of drug-likeness (QED) is 0.0726. The minimum atomic E-state index is -1.30. The minimum absolute atomic E-state index is 0.327. The highest BCUT2D eigenvalue weighted by atomic mass is 16.5. The molecule has 10 N–H and O–H groups in total. The van der Waals surface area contributed by atoms with E-state index >= 15 is 0 Å². The summed E-state index contributed by atoms with van der Waals surface area (Å²) in [6.45, 7) is 4.98. The Morgan fingerprint density at radius 1 is 0.528 bits per heavy atom. The van der Waals surface area contributed by atoms with Gasteiger partial charge >= 0.3 is 0 Å². The third-order valence-electron chi connectivity index (χ3n) is 18.2. The van der Waals surface area contributed by atoms with Gasteiger partial charge in [-0.1, -0.05) is 10.4 Å². The lowest BCUT2D eigenvalue weighted by atomic mass is 9.50. The van der Waals surface area contributed by atoms with Gasteiger partial charge in [-0.2, -0.15) is 0 Å². The molecule has 10 fully saturated rings. The standard InChI is InChI=1S/2C25H41N5O6/c2*1-15(33)26-22-20(11-31)30(21(12-32)23(34)24(22)35)3-2-29-10-19(27-28-29)13-36-14-25-7-16-4-17(8-25)6-18(5-16)9-25/h2*10,16-18,20-24,31-32,34-35H,2-9,11-14H2,1H3,(H,26,33)/t16?,17?,18?,20-,21+,22-,23+,24+,25?;16?,17?,18?,20-,21-,22+,23-,24-,25?/m01/s1. The van der Waals surface area contributed by atoms with E-state index in [1.54, 1.807) is 19.2 Å². The van der Waals surface area contributed by atoms with Crippen LogP contribution < -0.4 is 10.6 Å². The summed E-state index contributed by atoms with van der Waals surface area (Å²) in [5, 5.41) is 104. The van der Waals surface area contributed by atoms with Crippen molar-refractivity contribution in [1.29, 1.82) is 0 Å². The molecule has 8 bridgehead atoms. The molecular weight excluding hydrogens is 933 g/mol. The Morgan fingerprint density at radius 3 is 1.14 bits per heavy atom. The monoisotopic (exact) mass is 1010 g/mol. The highest BCUT2D eigenvalue weighted by molar-refractivity contribution is 5.73. The second-order valence-electron chi connectivity index (χ2n) is 23.7. The van der Waals surface area contributed by atoms with Crippen molar-refractivity contribution in [2.75, 3.05) is 52.7 Å². The van der Waals surface area contributed by atoms with Gasteiger partial charge in [0.25, 0.3) is 0 Å². The van der Waals surface area contributed by atoms with Crippen LogP contribution in [0.15, 0.2) is 12.4 Å². The fourth-order valence-electron chi connectivity index (χ4n) is 16.1. The number of aliphatic hydroxyl groups is 8. The Hall–Kier alpha value is -3.26. The molecule has 22 heteroatoms. The van der Waals surface area contributed by atoms with Gasteiger partial charge in [0.1, 0.15) is 23.6 Å². The Morgan fingerprint density at radius 2 is 0.847 bits per heavy atom. The van der Waals surface area contributed by atoms with Crippen LogP contribution in [-0.4, -0.2) is 206 Å². The summed E-state index contributed by atoms with van der Waals surface area (Å²) < 4.78 is 15.7. The van der Waals surface area contributed by atoms with Crippen molar-refractivity contribution < 1.29 is 59.9 Å². The molecule has 0 spiro atoms. The zero-order valence-corrected chi connectivity index (χ0v) is 42.2. The third kappa shape index (κ3) is 11.7. The zero-order chi connectivity index (χ0) is 50.9. The van der Waals surface area contributed by atoms with Gasteiger partial charge in [-0.05, 0) is 123 Å². The first kappa shape index (κ1) is 53.6. The van der Waals surface area contributed by atoms with E-state index in [4.69, 9.17) is 9.47 Å². The van der Waals surface area contributed by atoms with Crippen molar-refractivity contribution in [2.45, 2.75) is 178 Å². The molecule has 2 aromatic heterocycles. The summed E-state index contributed by atoms with van der Waals surface area (Å²) in [5.41, 5.74) is 2.21. The second kappa shape index (κ2) is 22.9. The second-order valence-corrected chi connectivity index (χ2v) is 23.7. The Bertz CT molecular complexity index is 1900. The van der Waals surface area contributed by atoms with Crippen molar-refractivity contribution in [3.63, 3.8) is 0 Å². The first-order valence-corrected chi connectivity index (χ1v) is 26.8. The summed E-state index contributed by atoms with van der Waals surface area (Å²) in [7, 11) is 0. The summed E-state index contributed by atoms with van der Waals surface area (Å²) in [5.74, 6) is 4.62. The van der Waals surface area contributed by atoms with E-state index in [2.05, 4.69) is 31.3 Å². The number of ether oxygens (including phenoxy) is 2. The number of carbonyl (C=O) groups is 2. The smallest absolute Gasteiger partial charge is 0.217 e. The van der Waals surface area contributed by atoms with Gasteiger partial charge in [0, 0.05) is 26.9 Å². The molecule has 2 saturated heterocycles. The van der Waals surface area contributed by atoms with E-state index in [-0.39, 0.29) is 25.0 Å². The number of hydrogen-bond donors (Lipinski definition) is 10. The Kier molecular flexibility index (Phi) is 17.0. The van der Waals surface area contributed by atoms with E-state index in [1.807, 2.05) is 12.4 Å². The molecule has 72 heavy (non-hydrogen) atoms. The molecule has 10 aliphatic rings. The number of aromatic nitrogens is 6. The van der Waals surface area contributed by atoms with Crippen LogP contribution in [0.3, 0.4) is 0 Å². The normalized spacial score (nSPS) is 40.0. The van der Waals surface area contributed by atoms with Crippen LogP contribution >= 0.6 is 0 Å². The van der Waals surface area contributed by atoms with E-state index in [0.717, 1.165) is 60.1 Å².